The fourth-order valence-corrected chi connectivity index (χ4v) is 5.00. The predicted octanol–water partition coefficient (Wildman–Crippen LogP) is 6.60. The molecule has 1 rings (SSSR count). The van der Waals surface area contributed by atoms with Crippen LogP contribution in [0.4, 0.5) is 8.78 Å². The van der Waals surface area contributed by atoms with E-state index in [1.54, 1.807) is 6.07 Å². The molecule has 0 heterocycles. The van der Waals surface area contributed by atoms with Crippen LogP contribution in [0.3, 0.4) is 0 Å². The third-order valence-corrected chi connectivity index (χ3v) is 7.94. The minimum atomic E-state index is -6.05. The van der Waals surface area contributed by atoms with Gasteiger partial charge >= 0.3 is 13.3 Å². The number of aliphatic hydroxyl groups is 2. The molecule has 0 fully saturated rings. The Morgan fingerprint density at radius 1 is 0.816 bits per heavy atom. The predicted molar refractivity (Wildman–Crippen MR) is 146 cm³/mol. The number of rotatable bonds is 22. The zero-order valence-electron chi connectivity index (χ0n) is 22.7. The number of benzene rings is 1. The van der Waals surface area contributed by atoms with Gasteiger partial charge in [0.2, 0.25) is 5.91 Å². The number of unbranched alkanes of at least 4 members (excludes halogenated alkanes) is 14. The van der Waals surface area contributed by atoms with E-state index in [9.17, 15) is 28.4 Å². The number of amides is 1. The molecule has 0 aliphatic heterocycles. The molecule has 1 aromatic rings. The van der Waals surface area contributed by atoms with Crippen molar-refractivity contribution in [3.8, 4) is 0 Å². The van der Waals surface area contributed by atoms with Crippen molar-refractivity contribution in [3.63, 3.8) is 0 Å². The standard InChI is InChI=1S/C28H48F2NO6P/c1-2-3-4-5-6-7-8-9-10-11-12-13-14-15-19-22-24(32)31-25(26(33)23-20-17-16-18-21-23)27(34)28(29,30)38(35,36)37/h16-18,20-21,25-27,33-34H,2-15,19,22H2,1H3,(H,31,32)(H2,35,36,37)/t25-,26-,27?/m1/s1. The van der Waals surface area contributed by atoms with Crippen LogP contribution in [0.2, 0.25) is 0 Å². The summed E-state index contributed by atoms with van der Waals surface area (Å²) in [6.45, 7) is 2.23. The molecular formula is C28H48F2NO6P. The van der Waals surface area contributed by atoms with Crippen LogP contribution < -0.4 is 5.32 Å². The van der Waals surface area contributed by atoms with Crippen LogP contribution in [0.5, 0.6) is 0 Å². The molecule has 3 atom stereocenters. The molecular weight excluding hydrogens is 515 g/mol. The molecule has 1 unspecified atom stereocenters. The summed E-state index contributed by atoms with van der Waals surface area (Å²) in [4.78, 5) is 30.5. The molecule has 7 nitrogen and oxygen atoms in total. The lowest BCUT2D eigenvalue weighted by molar-refractivity contribution is -0.130. The van der Waals surface area contributed by atoms with Crippen LogP contribution in [0.15, 0.2) is 30.3 Å². The highest BCUT2D eigenvalue weighted by atomic mass is 31.2. The van der Waals surface area contributed by atoms with Crippen LogP contribution in [0, 0.1) is 0 Å². The van der Waals surface area contributed by atoms with Gasteiger partial charge in [-0.25, -0.2) is 0 Å². The van der Waals surface area contributed by atoms with Crippen molar-refractivity contribution >= 4 is 13.5 Å². The summed E-state index contributed by atoms with van der Waals surface area (Å²) >= 11 is 0. The normalized spacial score (nSPS) is 14.7. The Morgan fingerprint density at radius 2 is 1.24 bits per heavy atom. The second-order valence-corrected chi connectivity index (χ2v) is 11.9. The number of alkyl halides is 2. The van der Waals surface area contributed by atoms with Gasteiger partial charge in [-0.05, 0) is 12.0 Å². The quantitative estimate of drug-likeness (QED) is 0.0799. The van der Waals surface area contributed by atoms with Crippen molar-refractivity contribution in [2.45, 2.75) is 134 Å². The molecule has 10 heteroatoms. The molecule has 0 bridgehead atoms. The first-order valence-corrected chi connectivity index (χ1v) is 15.8. The topological polar surface area (TPSA) is 127 Å². The van der Waals surface area contributed by atoms with Gasteiger partial charge in [0, 0.05) is 6.42 Å². The van der Waals surface area contributed by atoms with Crippen molar-refractivity contribution in [1.82, 2.24) is 5.32 Å². The maximum Gasteiger partial charge on any atom is 0.397 e. The Bertz CT molecular complexity index is 808. The molecule has 0 saturated heterocycles. The summed E-state index contributed by atoms with van der Waals surface area (Å²) < 4.78 is 39.7. The second kappa shape index (κ2) is 18.8. The fourth-order valence-electron chi connectivity index (χ4n) is 4.49. The smallest absolute Gasteiger partial charge is 0.386 e. The number of carbonyl (C=O) groups is 1. The van der Waals surface area contributed by atoms with E-state index in [2.05, 4.69) is 12.2 Å². The van der Waals surface area contributed by atoms with Crippen molar-refractivity contribution in [2.75, 3.05) is 0 Å². The highest BCUT2D eigenvalue weighted by Crippen LogP contribution is 2.55. The van der Waals surface area contributed by atoms with Gasteiger partial charge in [-0.3, -0.25) is 9.36 Å². The molecule has 0 aliphatic carbocycles. The Labute approximate surface area is 226 Å². The van der Waals surface area contributed by atoms with Gasteiger partial charge in [0.25, 0.3) is 0 Å². The number of hydrogen-bond donors (Lipinski definition) is 5. The van der Waals surface area contributed by atoms with Crippen LogP contribution in [0.1, 0.15) is 121 Å². The van der Waals surface area contributed by atoms with Gasteiger partial charge in [-0.2, -0.15) is 8.78 Å². The molecule has 0 saturated carbocycles. The Kier molecular flexibility index (Phi) is 17.2. The number of hydrogen-bond acceptors (Lipinski definition) is 4. The summed E-state index contributed by atoms with van der Waals surface area (Å²) in [5, 5.41) is 22.9. The van der Waals surface area contributed by atoms with Gasteiger partial charge in [-0.15, -0.1) is 0 Å². The van der Waals surface area contributed by atoms with Crippen molar-refractivity contribution in [3.05, 3.63) is 35.9 Å². The zero-order chi connectivity index (χ0) is 28.4. The van der Waals surface area contributed by atoms with Gasteiger partial charge in [0.1, 0.15) is 6.10 Å². The van der Waals surface area contributed by atoms with E-state index < -0.39 is 37.4 Å². The molecule has 5 N–H and O–H groups in total. The first-order valence-electron chi connectivity index (χ1n) is 14.2. The van der Waals surface area contributed by atoms with Gasteiger partial charge in [0.05, 0.1) is 6.04 Å². The monoisotopic (exact) mass is 563 g/mol. The first kappa shape index (κ1) is 34.6. The van der Waals surface area contributed by atoms with Crippen molar-refractivity contribution < 1.29 is 38.1 Å². The summed E-state index contributed by atoms with van der Waals surface area (Å²) in [6.07, 6.45) is 12.6. The van der Waals surface area contributed by atoms with E-state index in [1.165, 1.54) is 88.5 Å². The largest absolute Gasteiger partial charge is 0.397 e. The number of aliphatic hydroxyl groups excluding tert-OH is 2. The SMILES string of the molecule is CCCCCCCCCCCCCCCCCC(=O)N[C@@H](C(O)C(F)(F)P(=O)(O)O)[C@H](O)c1ccccc1. The lowest BCUT2D eigenvalue weighted by Gasteiger charge is -2.33. The summed E-state index contributed by atoms with van der Waals surface area (Å²) in [7, 11) is -6.05. The second-order valence-electron chi connectivity index (χ2n) is 10.2. The minimum absolute atomic E-state index is 0.00946. The highest BCUT2D eigenvalue weighted by molar-refractivity contribution is 7.53. The molecule has 1 amide bonds. The maximum absolute atomic E-state index is 14.2. The molecule has 0 spiro atoms. The van der Waals surface area contributed by atoms with Crippen LogP contribution in [-0.2, 0) is 9.36 Å². The molecule has 38 heavy (non-hydrogen) atoms. The average molecular weight is 564 g/mol. The van der Waals surface area contributed by atoms with Gasteiger partial charge < -0.3 is 25.3 Å². The lowest BCUT2D eigenvalue weighted by Crippen LogP contribution is -2.54. The number of carbonyl (C=O) groups excluding carboxylic acids is 1. The zero-order valence-corrected chi connectivity index (χ0v) is 23.6. The van der Waals surface area contributed by atoms with Crippen molar-refractivity contribution in [2.24, 2.45) is 0 Å². The molecule has 0 aliphatic rings. The minimum Gasteiger partial charge on any atom is -0.386 e. The molecule has 220 valence electrons. The number of halogens is 2. The van der Waals surface area contributed by atoms with E-state index in [1.807, 2.05) is 0 Å². The summed E-state index contributed by atoms with van der Waals surface area (Å²) in [5.74, 6) is -0.680. The van der Waals surface area contributed by atoms with E-state index in [0.717, 1.165) is 25.7 Å². The lowest BCUT2D eigenvalue weighted by atomic mass is 9.97. The Hall–Kier alpha value is -1.38. The summed E-state index contributed by atoms with van der Waals surface area (Å²) in [6, 6.07) is 5.48. The fraction of sp³-hybridized carbons (Fsp3) is 0.750. The van der Waals surface area contributed by atoms with E-state index in [-0.39, 0.29) is 12.0 Å². The van der Waals surface area contributed by atoms with Gasteiger partial charge in [-0.1, -0.05) is 127 Å². The van der Waals surface area contributed by atoms with Crippen LogP contribution in [0.25, 0.3) is 0 Å². The van der Waals surface area contributed by atoms with E-state index in [4.69, 9.17) is 9.79 Å². The first-order chi connectivity index (χ1) is 18.0. The molecule has 1 aromatic carbocycles. The van der Waals surface area contributed by atoms with Crippen LogP contribution in [-0.4, -0.2) is 43.7 Å². The van der Waals surface area contributed by atoms with E-state index in [0.29, 0.717) is 6.42 Å². The van der Waals surface area contributed by atoms with Crippen LogP contribution >= 0.6 is 7.60 Å². The van der Waals surface area contributed by atoms with Gasteiger partial charge in [0.15, 0.2) is 6.10 Å². The highest BCUT2D eigenvalue weighted by Gasteiger charge is 2.58. The third-order valence-electron chi connectivity index (χ3n) is 6.90. The Balaban J connectivity index is 2.36. The van der Waals surface area contributed by atoms with E-state index >= 15 is 0 Å². The average Bonchev–Trinajstić information content (AvgIpc) is 2.88. The van der Waals surface area contributed by atoms with Crippen molar-refractivity contribution in [1.29, 1.82) is 0 Å². The Morgan fingerprint density at radius 3 is 1.66 bits per heavy atom. The molecule has 0 radical (unpaired) electrons. The summed E-state index contributed by atoms with van der Waals surface area (Å²) in [5.41, 5.74) is -4.74. The maximum atomic E-state index is 14.2. The number of nitrogens with one attached hydrogen (secondary N) is 1. The third kappa shape index (κ3) is 13.1. The molecule has 0 aromatic heterocycles.